The molecule has 0 heterocycles. The molecule has 0 saturated heterocycles. The Bertz CT molecular complexity index is 925. The number of anilines is 1. The molecule has 2 aromatic carbocycles. The summed E-state index contributed by atoms with van der Waals surface area (Å²) in [6, 6.07) is 9.49. The number of amides is 1. The zero-order valence-corrected chi connectivity index (χ0v) is 17.1. The molecule has 0 aliphatic heterocycles. The third-order valence-corrected chi connectivity index (χ3v) is 3.96. The average Bonchev–Trinajstić information content (AvgIpc) is 2.75. The maximum absolute atomic E-state index is 12.1. The fourth-order valence-electron chi connectivity index (χ4n) is 2.43. The molecule has 0 atom stereocenters. The number of hydrogen-bond donors (Lipinski definition) is 1. The van der Waals surface area contributed by atoms with Gasteiger partial charge in [-0.3, -0.25) is 9.59 Å². The molecule has 0 aliphatic rings. The van der Waals surface area contributed by atoms with Crippen molar-refractivity contribution in [1.29, 1.82) is 0 Å². The van der Waals surface area contributed by atoms with Crippen LogP contribution in [0.5, 0.6) is 23.0 Å². The molecule has 1 amide bonds. The number of carbonyl (C=O) groups excluding carboxylic acids is 3. The van der Waals surface area contributed by atoms with Gasteiger partial charge in [0.1, 0.15) is 11.5 Å². The summed E-state index contributed by atoms with van der Waals surface area (Å²) in [4.78, 5) is 35.4. The zero-order valence-electron chi connectivity index (χ0n) is 17.1. The number of Topliss-reactive ketones (excluding diaryl/α,β-unsaturated/α-hetero) is 1. The molecular weight excluding hydrogens is 394 g/mol. The molecule has 0 radical (unpaired) electrons. The lowest BCUT2D eigenvalue weighted by atomic mass is 10.1. The second-order valence-electron chi connectivity index (χ2n) is 5.99. The summed E-state index contributed by atoms with van der Waals surface area (Å²) in [6.45, 7) is 0.479. The van der Waals surface area contributed by atoms with Gasteiger partial charge in [-0.15, -0.1) is 0 Å². The first-order valence-electron chi connectivity index (χ1n) is 8.87. The van der Waals surface area contributed by atoms with E-state index in [0.717, 1.165) is 0 Å². The van der Waals surface area contributed by atoms with E-state index in [1.165, 1.54) is 40.4 Å². The van der Waals surface area contributed by atoms with E-state index in [1.807, 2.05) is 0 Å². The first-order valence-corrected chi connectivity index (χ1v) is 8.87. The highest BCUT2D eigenvalue weighted by Crippen LogP contribution is 2.29. The molecule has 2 aromatic rings. The van der Waals surface area contributed by atoms with Gasteiger partial charge >= 0.3 is 5.97 Å². The van der Waals surface area contributed by atoms with Crippen molar-refractivity contribution in [3.05, 3.63) is 42.0 Å². The summed E-state index contributed by atoms with van der Waals surface area (Å²) in [7, 11) is 4.38. The van der Waals surface area contributed by atoms with E-state index in [-0.39, 0.29) is 11.5 Å². The van der Waals surface area contributed by atoms with E-state index in [1.54, 1.807) is 24.3 Å². The van der Waals surface area contributed by atoms with Gasteiger partial charge in [0.25, 0.3) is 5.91 Å². The molecule has 0 unspecified atom stereocenters. The molecule has 0 bridgehead atoms. The molecule has 2 rings (SSSR count). The van der Waals surface area contributed by atoms with Crippen molar-refractivity contribution in [2.75, 3.05) is 39.9 Å². The van der Waals surface area contributed by atoms with Crippen molar-refractivity contribution in [3.63, 3.8) is 0 Å². The lowest BCUT2D eigenvalue weighted by molar-refractivity contribution is -0.149. The summed E-state index contributed by atoms with van der Waals surface area (Å²) in [5, 5.41) is 2.59. The second-order valence-corrected chi connectivity index (χ2v) is 5.99. The van der Waals surface area contributed by atoms with Gasteiger partial charge in [-0.05, 0) is 37.3 Å². The van der Waals surface area contributed by atoms with Crippen molar-refractivity contribution < 1.29 is 38.1 Å². The summed E-state index contributed by atoms with van der Waals surface area (Å²) >= 11 is 0. The van der Waals surface area contributed by atoms with Gasteiger partial charge in [0, 0.05) is 11.6 Å². The summed E-state index contributed by atoms with van der Waals surface area (Å²) in [6.07, 6.45) is 0. The van der Waals surface area contributed by atoms with E-state index < -0.39 is 25.1 Å². The van der Waals surface area contributed by atoms with Gasteiger partial charge in [-0.1, -0.05) is 0 Å². The maximum Gasteiger partial charge on any atom is 0.344 e. The highest BCUT2D eigenvalue weighted by molar-refractivity contribution is 5.95. The van der Waals surface area contributed by atoms with Crippen LogP contribution in [0, 0.1) is 0 Å². The van der Waals surface area contributed by atoms with Crippen LogP contribution in [0.2, 0.25) is 0 Å². The Hall–Kier alpha value is -3.75. The van der Waals surface area contributed by atoms with E-state index >= 15 is 0 Å². The zero-order chi connectivity index (χ0) is 22.1. The number of ether oxygens (including phenoxy) is 5. The topological polar surface area (TPSA) is 109 Å². The lowest BCUT2D eigenvalue weighted by Gasteiger charge is -2.13. The largest absolute Gasteiger partial charge is 0.497 e. The van der Waals surface area contributed by atoms with E-state index in [2.05, 4.69) is 5.32 Å². The number of carbonyl (C=O) groups is 3. The summed E-state index contributed by atoms with van der Waals surface area (Å²) in [5.74, 6) is 0.0983. The number of hydrogen-bond acceptors (Lipinski definition) is 8. The Morgan fingerprint density at radius 3 is 2.17 bits per heavy atom. The monoisotopic (exact) mass is 417 g/mol. The third kappa shape index (κ3) is 6.13. The third-order valence-electron chi connectivity index (χ3n) is 3.96. The minimum absolute atomic E-state index is 0.127. The van der Waals surface area contributed by atoms with Crippen molar-refractivity contribution in [2.24, 2.45) is 0 Å². The number of esters is 1. The van der Waals surface area contributed by atoms with Crippen LogP contribution >= 0.6 is 0 Å². The normalized spacial score (nSPS) is 10.0. The van der Waals surface area contributed by atoms with Crippen LogP contribution in [-0.2, 0) is 14.3 Å². The van der Waals surface area contributed by atoms with E-state index in [9.17, 15) is 14.4 Å². The van der Waals surface area contributed by atoms with Crippen molar-refractivity contribution in [1.82, 2.24) is 0 Å². The van der Waals surface area contributed by atoms with E-state index in [4.69, 9.17) is 23.7 Å². The van der Waals surface area contributed by atoms with Crippen LogP contribution in [0.3, 0.4) is 0 Å². The molecular formula is C21H23NO8. The van der Waals surface area contributed by atoms with Gasteiger partial charge in [0.2, 0.25) is 0 Å². The highest BCUT2D eigenvalue weighted by Gasteiger charge is 2.14. The molecule has 9 heteroatoms. The SMILES string of the molecule is COc1ccc(OC)c(NC(=O)COC(=O)COc2ccc(C(C)=O)cc2OC)c1. The molecule has 0 aliphatic carbocycles. The van der Waals surface area contributed by atoms with Gasteiger partial charge in [-0.2, -0.15) is 0 Å². The van der Waals surface area contributed by atoms with Crippen LogP contribution in [-0.4, -0.2) is 52.2 Å². The molecule has 0 aromatic heterocycles. The average molecular weight is 417 g/mol. The lowest BCUT2D eigenvalue weighted by Crippen LogP contribution is -2.24. The number of benzene rings is 2. The predicted octanol–water partition coefficient (Wildman–Crippen LogP) is 2.48. The Kier molecular flexibility index (Phi) is 8.04. The van der Waals surface area contributed by atoms with Crippen molar-refractivity contribution >= 4 is 23.3 Å². The fraction of sp³-hybridized carbons (Fsp3) is 0.286. The number of ketones is 1. The van der Waals surface area contributed by atoms with Gasteiger partial charge in [0.05, 0.1) is 27.0 Å². The van der Waals surface area contributed by atoms with Crippen LogP contribution in [0.25, 0.3) is 0 Å². The maximum atomic E-state index is 12.1. The Morgan fingerprint density at radius 2 is 1.53 bits per heavy atom. The highest BCUT2D eigenvalue weighted by atomic mass is 16.6. The Balaban J connectivity index is 1.88. The quantitative estimate of drug-likeness (QED) is 0.464. The van der Waals surface area contributed by atoms with Gasteiger partial charge < -0.3 is 29.0 Å². The predicted molar refractivity (Wildman–Crippen MR) is 108 cm³/mol. The second kappa shape index (κ2) is 10.7. The van der Waals surface area contributed by atoms with Crippen LogP contribution in [0.1, 0.15) is 17.3 Å². The number of nitrogens with one attached hydrogen (secondary N) is 1. The first kappa shape index (κ1) is 22.5. The van der Waals surface area contributed by atoms with Crippen LogP contribution < -0.4 is 24.3 Å². The molecule has 160 valence electrons. The Labute approximate surface area is 173 Å². The molecule has 0 saturated carbocycles. The van der Waals surface area contributed by atoms with Crippen LogP contribution in [0.15, 0.2) is 36.4 Å². The summed E-state index contributed by atoms with van der Waals surface area (Å²) in [5.41, 5.74) is 0.830. The summed E-state index contributed by atoms with van der Waals surface area (Å²) < 4.78 is 25.7. The number of methoxy groups -OCH3 is 3. The van der Waals surface area contributed by atoms with Gasteiger partial charge in [0.15, 0.2) is 30.5 Å². The molecule has 1 N–H and O–H groups in total. The molecule has 0 spiro atoms. The molecule has 30 heavy (non-hydrogen) atoms. The minimum Gasteiger partial charge on any atom is -0.497 e. The fourth-order valence-corrected chi connectivity index (χ4v) is 2.43. The van der Waals surface area contributed by atoms with Crippen molar-refractivity contribution in [3.8, 4) is 23.0 Å². The standard InChI is InChI=1S/C21H23NO8/c1-13(23)14-5-7-18(19(9-14)28-4)29-12-21(25)30-11-20(24)22-16-10-15(26-2)6-8-17(16)27-3/h5-10H,11-12H2,1-4H3,(H,22,24). The van der Waals surface area contributed by atoms with Gasteiger partial charge in [-0.25, -0.2) is 4.79 Å². The Morgan fingerprint density at radius 1 is 0.833 bits per heavy atom. The first-order chi connectivity index (χ1) is 14.4. The van der Waals surface area contributed by atoms with Crippen molar-refractivity contribution in [2.45, 2.75) is 6.92 Å². The minimum atomic E-state index is -0.750. The molecule has 9 nitrogen and oxygen atoms in total. The smallest absolute Gasteiger partial charge is 0.344 e. The van der Waals surface area contributed by atoms with Crippen LogP contribution in [0.4, 0.5) is 5.69 Å². The number of rotatable bonds is 10. The van der Waals surface area contributed by atoms with E-state index in [0.29, 0.717) is 28.5 Å². The molecule has 0 fully saturated rings.